The van der Waals surface area contributed by atoms with Gasteiger partial charge in [0.15, 0.2) is 0 Å². The average molecular weight is 526 g/mol. The van der Waals surface area contributed by atoms with Crippen molar-refractivity contribution in [2.45, 2.75) is 51.8 Å². The second-order valence-corrected chi connectivity index (χ2v) is 10.3. The summed E-state index contributed by atoms with van der Waals surface area (Å²) in [6, 6.07) is 22.8. The topological polar surface area (TPSA) is 89.4 Å². The van der Waals surface area contributed by atoms with E-state index in [0.717, 1.165) is 52.7 Å². The molecule has 1 fully saturated rings. The third-order valence-electron chi connectivity index (χ3n) is 7.23. The number of carbonyl (C=O) groups is 2. The van der Waals surface area contributed by atoms with Gasteiger partial charge in [0.1, 0.15) is 18.1 Å². The van der Waals surface area contributed by atoms with Gasteiger partial charge in [-0.05, 0) is 56.4 Å². The number of aryl methyl sites for hydroxylation is 2. The highest BCUT2D eigenvalue weighted by Gasteiger charge is 2.32. The molecule has 0 radical (unpaired) electrons. The summed E-state index contributed by atoms with van der Waals surface area (Å²) in [5, 5.41) is 11.5. The zero-order valence-electron chi connectivity index (χ0n) is 22.5. The Morgan fingerprint density at radius 2 is 1.87 bits per heavy atom. The zero-order valence-corrected chi connectivity index (χ0v) is 22.5. The summed E-state index contributed by atoms with van der Waals surface area (Å²) < 4.78 is 7.33. The summed E-state index contributed by atoms with van der Waals surface area (Å²) in [6.07, 6.45) is 2.54. The lowest BCUT2D eigenvalue weighted by atomic mass is 10.0. The van der Waals surface area contributed by atoms with Crippen molar-refractivity contribution < 1.29 is 14.3 Å². The lowest BCUT2D eigenvalue weighted by molar-refractivity contribution is -0.141. The van der Waals surface area contributed by atoms with E-state index in [0.29, 0.717) is 19.5 Å². The Hall–Kier alpha value is -4.04. The van der Waals surface area contributed by atoms with Gasteiger partial charge < -0.3 is 15.0 Å². The fourth-order valence-corrected chi connectivity index (χ4v) is 5.11. The van der Waals surface area contributed by atoms with E-state index < -0.39 is 6.04 Å². The molecular formula is C31H35N5O3. The van der Waals surface area contributed by atoms with Gasteiger partial charge in [-0.2, -0.15) is 0 Å². The summed E-state index contributed by atoms with van der Waals surface area (Å²) in [4.78, 5) is 29.5. The van der Waals surface area contributed by atoms with Gasteiger partial charge in [0.25, 0.3) is 0 Å². The molecule has 3 aromatic carbocycles. The van der Waals surface area contributed by atoms with E-state index in [4.69, 9.17) is 4.74 Å². The number of amides is 2. The number of carbonyl (C=O) groups excluding carboxylic acids is 2. The van der Waals surface area contributed by atoms with Gasteiger partial charge in [-0.3, -0.25) is 9.59 Å². The van der Waals surface area contributed by atoms with Crippen LogP contribution in [0.25, 0.3) is 11.0 Å². The average Bonchev–Trinajstić information content (AvgIpc) is 3.61. The van der Waals surface area contributed by atoms with Crippen LogP contribution in [-0.2, 0) is 27.3 Å². The molecule has 8 heteroatoms. The van der Waals surface area contributed by atoms with Gasteiger partial charge in [-0.15, -0.1) is 5.10 Å². The van der Waals surface area contributed by atoms with Crippen molar-refractivity contribution >= 4 is 22.8 Å². The normalized spacial score (nSPS) is 15.8. The number of ether oxygens (including phenoxy) is 1. The van der Waals surface area contributed by atoms with Crippen LogP contribution < -0.4 is 5.32 Å². The van der Waals surface area contributed by atoms with E-state index in [1.54, 1.807) is 9.58 Å². The lowest BCUT2D eigenvalue weighted by Crippen LogP contribution is -2.47. The van der Waals surface area contributed by atoms with E-state index in [-0.39, 0.29) is 24.5 Å². The second kappa shape index (κ2) is 12.2. The van der Waals surface area contributed by atoms with Crippen LogP contribution in [0.2, 0.25) is 0 Å². The fraction of sp³-hybridized carbons (Fsp3) is 0.355. The number of hydrogen-bond acceptors (Lipinski definition) is 5. The molecule has 2 atom stereocenters. The van der Waals surface area contributed by atoms with Crippen molar-refractivity contribution in [3.05, 3.63) is 95.1 Å². The summed E-state index contributed by atoms with van der Waals surface area (Å²) in [6.45, 7) is 5.56. The Morgan fingerprint density at radius 1 is 1.05 bits per heavy atom. The number of para-hydroxylation sites is 1. The number of hydrogen-bond donors (Lipinski definition) is 1. The molecule has 1 aromatic heterocycles. The summed E-state index contributed by atoms with van der Waals surface area (Å²) >= 11 is 0. The quantitative estimate of drug-likeness (QED) is 0.336. The highest BCUT2D eigenvalue weighted by molar-refractivity contribution is 5.89. The number of aromatic nitrogens is 3. The third kappa shape index (κ3) is 6.52. The van der Waals surface area contributed by atoms with E-state index >= 15 is 0 Å². The molecule has 4 aromatic rings. The molecule has 1 saturated heterocycles. The minimum absolute atomic E-state index is 0.00516. The van der Waals surface area contributed by atoms with Gasteiger partial charge in [-0.25, -0.2) is 4.68 Å². The largest absolute Gasteiger partial charge is 0.376 e. The van der Waals surface area contributed by atoms with Gasteiger partial charge in [-0.1, -0.05) is 77.0 Å². The molecule has 5 rings (SSSR count). The second-order valence-electron chi connectivity index (χ2n) is 10.3. The number of fused-ring (bicyclic) bond motifs is 1. The van der Waals surface area contributed by atoms with E-state index in [1.807, 2.05) is 61.5 Å². The molecule has 0 spiro atoms. The van der Waals surface area contributed by atoms with Gasteiger partial charge in [0.2, 0.25) is 11.8 Å². The first-order chi connectivity index (χ1) is 19.0. The molecule has 0 unspecified atom stereocenters. The van der Waals surface area contributed by atoms with Crippen molar-refractivity contribution in [3.63, 3.8) is 0 Å². The van der Waals surface area contributed by atoms with Crippen molar-refractivity contribution in [2.24, 2.45) is 0 Å². The Balaban J connectivity index is 1.46. The Bertz CT molecular complexity index is 1430. The smallest absolute Gasteiger partial charge is 0.247 e. The first kappa shape index (κ1) is 26.6. The molecule has 1 aliphatic heterocycles. The van der Waals surface area contributed by atoms with Crippen LogP contribution in [0.1, 0.15) is 41.1 Å². The monoisotopic (exact) mass is 525 g/mol. The van der Waals surface area contributed by atoms with E-state index in [9.17, 15) is 9.59 Å². The standard InChI is InChI=1S/C31H35N5O3/c1-22-12-14-25(15-13-22)30(31(38)32-20-26-9-6-18-39-26)35(17-16-24-8-5-7-23(2)19-24)29(37)21-36-28-11-4-3-10-27(28)33-34-36/h3-5,7-8,10-15,19,26,30H,6,9,16-18,20-21H2,1-2H3,(H,32,38)/t26-,30+/m1/s1. The number of benzene rings is 3. The van der Waals surface area contributed by atoms with Crippen LogP contribution in [0, 0.1) is 13.8 Å². The van der Waals surface area contributed by atoms with Crippen LogP contribution in [0.15, 0.2) is 72.8 Å². The molecule has 39 heavy (non-hydrogen) atoms. The molecule has 0 aliphatic carbocycles. The molecule has 1 N–H and O–H groups in total. The van der Waals surface area contributed by atoms with Crippen molar-refractivity contribution in [1.29, 1.82) is 0 Å². The lowest BCUT2D eigenvalue weighted by Gasteiger charge is -2.32. The summed E-state index contributed by atoms with van der Waals surface area (Å²) in [5.41, 5.74) is 5.63. The molecule has 2 heterocycles. The van der Waals surface area contributed by atoms with E-state index in [2.05, 4.69) is 40.8 Å². The van der Waals surface area contributed by atoms with Crippen LogP contribution in [-0.4, -0.2) is 57.5 Å². The Labute approximate surface area is 229 Å². The van der Waals surface area contributed by atoms with Crippen molar-refractivity contribution in [1.82, 2.24) is 25.2 Å². The molecule has 0 saturated carbocycles. The van der Waals surface area contributed by atoms with Crippen molar-refractivity contribution in [3.8, 4) is 0 Å². The predicted molar refractivity (Wildman–Crippen MR) is 150 cm³/mol. The zero-order chi connectivity index (χ0) is 27.2. The first-order valence-corrected chi connectivity index (χ1v) is 13.6. The van der Waals surface area contributed by atoms with Crippen LogP contribution in [0.3, 0.4) is 0 Å². The van der Waals surface area contributed by atoms with Crippen LogP contribution in [0.4, 0.5) is 0 Å². The van der Waals surface area contributed by atoms with Crippen molar-refractivity contribution in [2.75, 3.05) is 19.7 Å². The van der Waals surface area contributed by atoms with Crippen LogP contribution >= 0.6 is 0 Å². The maximum atomic E-state index is 14.0. The SMILES string of the molecule is Cc1ccc([C@@H](C(=O)NC[C@H]2CCCO2)N(CCc2cccc(C)c2)C(=O)Cn2nnc3ccccc32)cc1. The molecular weight excluding hydrogens is 490 g/mol. The molecule has 2 amide bonds. The van der Waals surface area contributed by atoms with Gasteiger partial charge in [0.05, 0.1) is 11.6 Å². The molecule has 8 nitrogen and oxygen atoms in total. The highest BCUT2D eigenvalue weighted by atomic mass is 16.5. The molecule has 202 valence electrons. The summed E-state index contributed by atoms with van der Waals surface area (Å²) in [5.74, 6) is -0.411. The minimum Gasteiger partial charge on any atom is -0.376 e. The predicted octanol–water partition coefficient (Wildman–Crippen LogP) is 4.16. The molecule has 0 bridgehead atoms. The number of nitrogens with zero attached hydrogens (tertiary/aromatic N) is 4. The number of nitrogens with one attached hydrogen (secondary N) is 1. The molecule has 1 aliphatic rings. The van der Waals surface area contributed by atoms with Crippen LogP contribution in [0.5, 0.6) is 0 Å². The third-order valence-corrected chi connectivity index (χ3v) is 7.23. The summed E-state index contributed by atoms with van der Waals surface area (Å²) in [7, 11) is 0. The maximum Gasteiger partial charge on any atom is 0.247 e. The first-order valence-electron chi connectivity index (χ1n) is 13.6. The Morgan fingerprint density at radius 3 is 2.64 bits per heavy atom. The number of rotatable bonds is 10. The fourth-order valence-electron chi connectivity index (χ4n) is 5.11. The van der Waals surface area contributed by atoms with E-state index in [1.165, 1.54) is 0 Å². The maximum absolute atomic E-state index is 14.0. The minimum atomic E-state index is -0.793. The highest BCUT2D eigenvalue weighted by Crippen LogP contribution is 2.24. The Kier molecular flexibility index (Phi) is 8.32. The van der Waals surface area contributed by atoms with Gasteiger partial charge >= 0.3 is 0 Å². The van der Waals surface area contributed by atoms with Gasteiger partial charge in [0, 0.05) is 19.7 Å².